The molecule has 0 saturated carbocycles. The zero-order chi connectivity index (χ0) is 20.4. The largest absolute Gasteiger partial charge is 0.333 e. The van der Waals surface area contributed by atoms with Gasteiger partial charge in [-0.1, -0.05) is 0 Å². The molecule has 0 aromatic carbocycles. The summed E-state index contributed by atoms with van der Waals surface area (Å²) in [6.45, 7) is 1.11. The van der Waals surface area contributed by atoms with E-state index >= 15 is 0 Å². The number of carbonyl (C=O) groups is 2. The van der Waals surface area contributed by atoms with Gasteiger partial charge in [0.1, 0.15) is 5.69 Å². The second kappa shape index (κ2) is 7.58. The number of amides is 2. The van der Waals surface area contributed by atoms with Crippen LogP contribution in [0.25, 0.3) is 0 Å². The number of aryl methyl sites for hydroxylation is 2. The van der Waals surface area contributed by atoms with Crippen molar-refractivity contribution in [1.82, 2.24) is 29.3 Å². The highest BCUT2D eigenvalue weighted by Gasteiger charge is 2.22. The van der Waals surface area contributed by atoms with E-state index in [9.17, 15) is 18.4 Å². The van der Waals surface area contributed by atoms with E-state index in [0.717, 1.165) is 18.0 Å². The molecule has 0 atom stereocenters. The maximum atomic E-state index is 12.8. The van der Waals surface area contributed by atoms with Crippen LogP contribution in [0.1, 0.15) is 40.1 Å². The standard InChI is InChI=1S/C16H18F2N8O2/c1-4-25-13(15(28)21-11-7-19-24(3)9(11)2)12(8-20-25)22-14(27)10-5-6-26(23-10)16(17)18/h5-8,16H,4H2,1-3H3,(H,21,28)(H,22,27). The molecule has 0 aliphatic heterocycles. The minimum Gasteiger partial charge on any atom is -0.318 e. The summed E-state index contributed by atoms with van der Waals surface area (Å²) < 4.78 is 28.6. The van der Waals surface area contributed by atoms with E-state index in [1.54, 1.807) is 25.6 Å². The average Bonchev–Trinajstić information content (AvgIpc) is 3.37. The third-order valence-corrected chi connectivity index (χ3v) is 4.13. The number of carbonyl (C=O) groups excluding carboxylic acids is 2. The van der Waals surface area contributed by atoms with Gasteiger partial charge in [-0.25, -0.2) is 4.68 Å². The molecule has 3 rings (SSSR count). The van der Waals surface area contributed by atoms with Crippen molar-refractivity contribution in [3.63, 3.8) is 0 Å². The van der Waals surface area contributed by atoms with E-state index in [1.807, 2.05) is 0 Å². The van der Waals surface area contributed by atoms with Crippen molar-refractivity contribution in [1.29, 1.82) is 0 Å². The van der Waals surface area contributed by atoms with Gasteiger partial charge in [-0.2, -0.15) is 24.1 Å². The Kier molecular flexibility index (Phi) is 5.20. The molecule has 0 aliphatic rings. The quantitative estimate of drug-likeness (QED) is 0.667. The van der Waals surface area contributed by atoms with Crippen LogP contribution in [0.5, 0.6) is 0 Å². The van der Waals surface area contributed by atoms with Gasteiger partial charge in [0.2, 0.25) is 0 Å². The molecule has 0 aliphatic carbocycles. The first-order valence-electron chi connectivity index (χ1n) is 8.32. The highest BCUT2D eigenvalue weighted by atomic mass is 19.3. The fourth-order valence-electron chi connectivity index (χ4n) is 2.51. The second-order valence-electron chi connectivity index (χ2n) is 5.86. The Morgan fingerprint density at radius 2 is 1.82 bits per heavy atom. The average molecular weight is 392 g/mol. The Hall–Kier alpha value is -3.57. The van der Waals surface area contributed by atoms with Gasteiger partial charge < -0.3 is 10.6 Å². The van der Waals surface area contributed by atoms with Crippen LogP contribution in [0.2, 0.25) is 0 Å². The van der Waals surface area contributed by atoms with E-state index in [1.165, 1.54) is 17.1 Å². The number of halogens is 2. The zero-order valence-corrected chi connectivity index (χ0v) is 15.3. The number of aromatic nitrogens is 6. The predicted molar refractivity (Wildman–Crippen MR) is 95.2 cm³/mol. The van der Waals surface area contributed by atoms with Crippen LogP contribution in [-0.2, 0) is 13.6 Å². The van der Waals surface area contributed by atoms with Crippen molar-refractivity contribution in [2.75, 3.05) is 10.6 Å². The van der Waals surface area contributed by atoms with E-state index in [2.05, 4.69) is 25.9 Å². The smallest absolute Gasteiger partial charge is 0.318 e. The molecule has 0 bridgehead atoms. The van der Waals surface area contributed by atoms with Gasteiger partial charge in [0.05, 0.1) is 29.5 Å². The molecule has 28 heavy (non-hydrogen) atoms. The third kappa shape index (κ3) is 3.61. The molecule has 0 radical (unpaired) electrons. The topological polar surface area (TPSA) is 112 Å². The second-order valence-corrected chi connectivity index (χ2v) is 5.86. The summed E-state index contributed by atoms with van der Waals surface area (Å²) in [6.07, 6.45) is 3.82. The van der Waals surface area contributed by atoms with Crippen molar-refractivity contribution < 1.29 is 18.4 Å². The van der Waals surface area contributed by atoms with Gasteiger partial charge in [-0.3, -0.25) is 19.0 Å². The summed E-state index contributed by atoms with van der Waals surface area (Å²) >= 11 is 0. The van der Waals surface area contributed by atoms with Crippen LogP contribution in [0.4, 0.5) is 20.2 Å². The summed E-state index contributed by atoms with van der Waals surface area (Å²) in [4.78, 5) is 25.1. The number of nitrogens with zero attached hydrogens (tertiary/aromatic N) is 6. The third-order valence-electron chi connectivity index (χ3n) is 4.13. The van der Waals surface area contributed by atoms with Gasteiger partial charge in [-0.05, 0) is 19.9 Å². The number of nitrogens with one attached hydrogen (secondary N) is 2. The molecule has 2 N–H and O–H groups in total. The number of rotatable bonds is 6. The van der Waals surface area contributed by atoms with Crippen molar-refractivity contribution in [2.24, 2.45) is 7.05 Å². The van der Waals surface area contributed by atoms with Crippen molar-refractivity contribution in [3.8, 4) is 0 Å². The van der Waals surface area contributed by atoms with E-state index < -0.39 is 18.4 Å². The Morgan fingerprint density at radius 1 is 1.14 bits per heavy atom. The molecule has 0 unspecified atom stereocenters. The molecule has 3 aromatic rings. The Balaban J connectivity index is 1.84. The Morgan fingerprint density at radius 3 is 2.39 bits per heavy atom. The van der Waals surface area contributed by atoms with Gasteiger partial charge in [0, 0.05) is 19.8 Å². The lowest BCUT2D eigenvalue weighted by Crippen LogP contribution is -2.21. The van der Waals surface area contributed by atoms with E-state index in [0.29, 0.717) is 16.9 Å². The summed E-state index contributed by atoms with van der Waals surface area (Å²) in [5, 5.41) is 16.9. The fourth-order valence-corrected chi connectivity index (χ4v) is 2.51. The van der Waals surface area contributed by atoms with Crippen LogP contribution in [0.15, 0.2) is 24.7 Å². The first-order valence-corrected chi connectivity index (χ1v) is 8.32. The van der Waals surface area contributed by atoms with Gasteiger partial charge in [0.15, 0.2) is 5.69 Å². The first-order chi connectivity index (χ1) is 13.3. The van der Waals surface area contributed by atoms with Crippen molar-refractivity contribution in [3.05, 3.63) is 41.7 Å². The minimum atomic E-state index is -2.85. The van der Waals surface area contributed by atoms with Crippen LogP contribution in [0.3, 0.4) is 0 Å². The van der Waals surface area contributed by atoms with Gasteiger partial charge in [0.25, 0.3) is 11.8 Å². The normalized spacial score (nSPS) is 11.1. The minimum absolute atomic E-state index is 0.118. The summed E-state index contributed by atoms with van der Waals surface area (Å²) in [7, 11) is 1.74. The Bertz CT molecular complexity index is 1020. The van der Waals surface area contributed by atoms with Crippen LogP contribution < -0.4 is 10.6 Å². The van der Waals surface area contributed by atoms with Gasteiger partial charge in [-0.15, -0.1) is 0 Å². The van der Waals surface area contributed by atoms with Crippen LogP contribution in [0, 0.1) is 6.92 Å². The molecule has 12 heteroatoms. The highest BCUT2D eigenvalue weighted by molar-refractivity contribution is 6.11. The molecule has 10 nitrogen and oxygen atoms in total. The fraction of sp³-hybridized carbons (Fsp3) is 0.312. The van der Waals surface area contributed by atoms with Crippen molar-refractivity contribution in [2.45, 2.75) is 26.9 Å². The predicted octanol–water partition coefficient (Wildman–Crippen LogP) is 2.04. The SMILES string of the molecule is CCn1ncc(NC(=O)c2ccn(C(F)F)n2)c1C(=O)Nc1cnn(C)c1C. The number of hydrogen-bond acceptors (Lipinski definition) is 5. The molecule has 0 fully saturated rings. The lowest BCUT2D eigenvalue weighted by atomic mass is 10.3. The molecule has 2 amide bonds. The summed E-state index contributed by atoms with van der Waals surface area (Å²) in [6, 6.07) is 1.16. The Labute approximate surface area is 158 Å². The number of hydrogen-bond donors (Lipinski definition) is 2. The molecular weight excluding hydrogens is 374 g/mol. The highest BCUT2D eigenvalue weighted by Crippen LogP contribution is 2.20. The molecule has 3 heterocycles. The molecule has 0 saturated heterocycles. The van der Waals surface area contributed by atoms with Crippen molar-refractivity contribution >= 4 is 23.2 Å². The monoisotopic (exact) mass is 392 g/mol. The lowest BCUT2D eigenvalue weighted by molar-refractivity contribution is 0.0561. The molecule has 148 valence electrons. The van der Waals surface area contributed by atoms with E-state index in [4.69, 9.17) is 0 Å². The lowest BCUT2D eigenvalue weighted by Gasteiger charge is -2.09. The number of alkyl halides is 2. The molecule has 0 spiro atoms. The molecule has 3 aromatic heterocycles. The number of anilines is 2. The molecular formula is C16H18F2N8O2. The summed E-state index contributed by atoms with van der Waals surface area (Å²) in [5.74, 6) is -1.23. The van der Waals surface area contributed by atoms with Gasteiger partial charge >= 0.3 is 6.55 Å². The first kappa shape index (κ1) is 19.2. The van der Waals surface area contributed by atoms with Crippen LogP contribution >= 0.6 is 0 Å². The van der Waals surface area contributed by atoms with E-state index in [-0.39, 0.29) is 17.1 Å². The maximum Gasteiger partial charge on any atom is 0.333 e. The van der Waals surface area contributed by atoms with Crippen LogP contribution in [-0.4, -0.2) is 41.2 Å². The maximum absolute atomic E-state index is 12.8. The summed E-state index contributed by atoms with van der Waals surface area (Å²) in [5.41, 5.74) is 1.31. The zero-order valence-electron chi connectivity index (χ0n) is 15.3.